The van der Waals surface area contributed by atoms with Crippen LogP contribution in [0, 0.1) is 0 Å². The lowest BCUT2D eigenvalue weighted by molar-refractivity contribution is -0.368. The molecule has 0 saturated carbocycles. The Morgan fingerprint density at radius 3 is 2.38 bits per heavy atom. The lowest BCUT2D eigenvalue weighted by Crippen LogP contribution is -2.63. The van der Waals surface area contributed by atoms with Gasteiger partial charge in [-0.3, -0.25) is 0 Å². The monoisotopic (exact) mass is 402 g/mol. The van der Waals surface area contributed by atoms with Crippen molar-refractivity contribution in [3.63, 3.8) is 0 Å². The van der Waals surface area contributed by atoms with Gasteiger partial charge >= 0.3 is 0 Å². The van der Waals surface area contributed by atoms with Crippen molar-refractivity contribution in [2.24, 2.45) is 0 Å². The Kier molecular flexibility index (Phi) is 5.61. The molecule has 2 aromatic carbocycles. The van der Waals surface area contributed by atoms with E-state index in [4.69, 9.17) is 14.2 Å². The molecule has 0 amide bonds. The van der Waals surface area contributed by atoms with E-state index in [-0.39, 0.29) is 6.61 Å². The lowest BCUT2D eigenvalue weighted by atomic mass is 9.86. The molecule has 4 rings (SSSR count). The molecule has 7 nitrogen and oxygen atoms in total. The fraction of sp³-hybridized carbons (Fsp3) is 0.455. The van der Waals surface area contributed by atoms with Gasteiger partial charge in [0.05, 0.1) is 20.3 Å². The highest BCUT2D eigenvalue weighted by Crippen LogP contribution is 2.46. The van der Waals surface area contributed by atoms with Gasteiger partial charge in [0.1, 0.15) is 30.2 Å². The zero-order chi connectivity index (χ0) is 20.6. The van der Waals surface area contributed by atoms with E-state index in [0.29, 0.717) is 5.56 Å². The Morgan fingerprint density at radius 2 is 1.69 bits per heavy atom. The van der Waals surface area contributed by atoms with Gasteiger partial charge < -0.3 is 34.6 Å². The summed E-state index contributed by atoms with van der Waals surface area (Å²) >= 11 is 0. The maximum atomic E-state index is 10.7. The maximum Gasteiger partial charge on any atom is 0.225 e. The second-order valence-electron chi connectivity index (χ2n) is 7.56. The van der Waals surface area contributed by atoms with Crippen molar-refractivity contribution in [1.82, 2.24) is 0 Å². The summed E-state index contributed by atoms with van der Waals surface area (Å²) in [5.41, 5.74) is 3.67. The summed E-state index contributed by atoms with van der Waals surface area (Å²) in [6.45, 7) is -0.283. The number of methoxy groups -OCH3 is 1. The molecule has 1 spiro atoms. The molecule has 1 saturated heterocycles. The van der Waals surface area contributed by atoms with E-state index in [1.807, 2.05) is 42.5 Å². The quantitative estimate of drug-likeness (QED) is 0.581. The minimum absolute atomic E-state index is 0.214. The number of hydrogen-bond donors (Lipinski definition) is 4. The van der Waals surface area contributed by atoms with Crippen LogP contribution in [-0.4, -0.2) is 58.6 Å². The van der Waals surface area contributed by atoms with Crippen LogP contribution in [0.2, 0.25) is 0 Å². The van der Waals surface area contributed by atoms with Crippen LogP contribution in [0.1, 0.15) is 22.3 Å². The fourth-order valence-corrected chi connectivity index (χ4v) is 4.06. The van der Waals surface area contributed by atoms with Crippen LogP contribution in [0.25, 0.3) is 0 Å². The van der Waals surface area contributed by atoms with Gasteiger partial charge in [-0.2, -0.15) is 0 Å². The second-order valence-corrected chi connectivity index (χ2v) is 7.56. The number of ether oxygens (including phenoxy) is 3. The number of rotatable bonds is 5. The largest absolute Gasteiger partial charge is 0.497 e. The molecule has 5 atom stereocenters. The van der Waals surface area contributed by atoms with Crippen LogP contribution < -0.4 is 4.74 Å². The topological polar surface area (TPSA) is 109 Å². The molecule has 156 valence electrons. The summed E-state index contributed by atoms with van der Waals surface area (Å²) in [7, 11) is 1.64. The highest BCUT2D eigenvalue weighted by Gasteiger charge is 2.58. The SMILES string of the molecule is COc1ccc(CCc2ccc3c(c2)[C@]2(OC3)O[C@H](CO)[C@@H](O)[C@H](O)[C@H]2O)cc1. The molecule has 4 N–H and O–H groups in total. The fourth-order valence-electron chi connectivity index (χ4n) is 4.06. The molecule has 0 bridgehead atoms. The Morgan fingerprint density at radius 1 is 1.00 bits per heavy atom. The number of aliphatic hydroxyl groups is 4. The zero-order valence-electron chi connectivity index (χ0n) is 16.2. The molecule has 2 aromatic rings. The van der Waals surface area contributed by atoms with Crippen LogP contribution in [0.4, 0.5) is 0 Å². The normalized spacial score (nSPS) is 31.1. The van der Waals surface area contributed by atoms with Crippen molar-refractivity contribution < 1.29 is 34.6 Å². The van der Waals surface area contributed by atoms with Crippen LogP contribution in [-0.2, 0) is 34.7 Å². The van der Waals surface area contributed by atoms with Gasteiger partial charge in [-0.25, -0.2) is 0 Å². The van der Waals surface area contributed by atoms with Crippen molar-refractivity contribution in [3.05, 3.63) is 64.7 Å². The highest BCUT2D eigenvalue weighted by atomic mass is 16.7. The van der Waals surface area contributed by atoms with Crippen molar-refractivity contribution in [2.45, 2.75) is 49.7 Å². The van der Waals surface area contributed by atoms with Crippen LogP contribution >= 0.6 is 0 Å². The first-order chi connectivity index (χ1) is 14.0. The average Bonchev–Trinajstić information content (AvgIpc) is 3.12. The third-order valence-corrected chi connectivity index (χ3v) is 5.80. The van der Waals surface area contributed by atoms with Gasteiger partial charge in [-0.1, -0.05) is 24.3 Å². The molecule has 2 heterocycles. The number of benzene rings is 2. The van der Waals surface area contributed by atoms with Gasteiger partial charge in [0.2, 0.25) is 5.79 Å². The number of hydrogen-bond acceptors (Lipinski definition) is 7. The molecule has 7 heteroatoms. The summed E-state index contributed by atoms with van der Waals surface area (Å²) in [4.78, 5) is 0. The summed E-state index contributed by atoms with van der Waals surface area (Å²) in [5, 5.41) is 40.5. The zero-order valence-corrected chi connectivity index (χ0v) is 16.2. The summed E-state index contributed by atoms with van der Waals surface area (Å²) in [6, 6.07) is 13.7. The van der Waals surface area contributed by atoms with Gasteiger partial charge in [0.25, 0.3) is 0 Å². The molecule has 0 unspecified atom stereocenters. The summed E-state index contributed by atoms with van der Waals surface area (Å²) < 4.78 is 16.8. The average molecular weight is 402 g/mol. The smallest absolute Gasteiger partial charge is 0.225 e. The number of fused-ring (bicyclic) bond motifs is 2. The molecule has 0 aromatic heterocycles. The summed E-state index contributed by atoms with van der Waals surface area (Å²) in [6.07, 6.45) is -3.83. The Bertz CT molecular complexity index is 851. The van der Waals surface area contributed by atoms with Crippen LogP contribution in [0.3, 0.4) is 0 Å². The minimum atomic E-state index is -1.60. The van der Waals surface area contributed by atoms with E-state index in [9.17, 15) is 20.4 Å². The Hall–Kier alpha value is -2.00. The third kappa shape index (κ3) is 3.54. The maximum absolute atomic E-state index is 10.7. The molecule has 2 aliphatic rings. The number of aryl methyl sites for hydroxylation is 2. The Labute approximate surface area is 169 Å². The van der Waals surface area contributed by atoms with Gasteiger partial charge in [-0.05, 0) is 47.7 Å². The van der Waals surface area contributed by atoms with Crippen molar-refractivity contribution in [3.8, 4) is 5.75 Å². The van der Waals surface area contributed by atoms with Crippen molar-refractivity contribution >= 4 is 0 Å². The van der Waals surface area contributed by atoms with E-state index in [1.54, 1.807) is 7.11 Å². The molecular weight excluding hydrogens is 376 g/mol. The van der Waals surface area contributed by atoms with E-state index >= 15 is 0 Å². The first-order valence-electron chi connectivity index (χ1n) is 9.70. The van der Waals surface area contributed by atoms with Gasteiger partial charge in [-0.15, -0.1) is 0 Å². The molecular formula is C22H26O7. The third-order valence-electron chi connectivity index (χ3n) is 5.80. The van der Waals surface area contributed by atoms with Crippen molar-refractivity contribution in [2.75, 3.05) is 13.7 Å². The van der Waals surface area contributed by atoms with E-state index in [0.717, 1.165) is 29.7 Å². The van der Waals surface area contributed by atoms with Gasteiger partial charge in [0, 0.05) is 5.56 Å². The predicted molar refractivity (Wildman–Crippen MR) is 103 cm³/mol. The van der Waals surface area contributed by atoms with E-state index in [2.05, 4.69) is 0 Å². The van der Waals surface area contributed by atoms with E-state index in [1.165, 1.54) is 5.56 Å². The minimum Gasteiger partial charge on any atom is -0.497 e. The molecule has 0 aliphatic carbocycles. The highest BCUT2D eigenvalue weighted by molar-refractivity contribution is 5.40. The molecule has 2 aliphatic heterocycles. The van der Waals surface area contributed by atoms with Crippen LogP contribution in [0.15, 0.2) is 42.5 Å². The Balaban J connectivity index is 1.57. The molecule has 1 fully saturated rings. The summed E-state index contributed by atoms with van der Waals surface area (Å²) in [5.74, 6) is -0.787. The first-order valence-corrected chi connectivity index (χ1v) is 9.70. The molecule has 0 radical (unpaired) electrons. The van der Waals surface area contributed by atoms with Crippen LogP contribution in [0.5, 0.6) is 5.75 Å². The van der Waals surface area contributed by atoms with Crippen molar-refractivity contribution in [1.29, 1.82) is 0 Å². The van der Waals surface area contributed by atoms with Gasteiger partial charge in [0.15, 0.2) is 0 Å². The number of aliphatic hydroxyl groups excluding tert-OH is 4. The standard InChI is InChI=1S/C22H26O7/c1-27-16-8-5-13(6-9-16)2-3-14-4-7-15-12-28-22(17(15)10-14)21(26)20(25)19(24)18(11-23)29-22/h4-10,18-21,23-26H,2-3,11-12H2,1H3/t18-,19-,20+,21-,22+/m1/s1. The first kappa shape index (κ1) is 20.3. The predicted octanol–water partition coefficient (Wildman–Crippen LogP) is 0.637. The van der Waals surface area contributed by atoms with E-state index < -0.39 is 36.8 Å². The lowest BCUT2D eigenvalue weighted by Gasteiger charge is -2.46. The molecule has 29 heavy (non-hydrogen) atoms. The second kappa shape index (κ2) is 8.02.